The molecule has 0 aromatic heterocycles. The Balaban J connectivity index is 1.96. The van der Waals surface area contributed by atoms with Crippen LogP contribution in [0.1, 0.15) is 6.92 Å². The highest BCUT2D eigenvalue weighted by Gasteiger charge is 2.24. The van der Waals surface area contributed by atoms with E-state index < -0.39 is 16.1 Å². The van der Waals surface area contributed by atoms with E-state index in [0.717, 1.165) is 0 Å². The number of ether oxygens (including phenoxy) is 2. The molecule has 1 atom stereocenters. The highest BCUT2D eigenvalue weighted by molar-refractivity contribution is 7.89. The fraction of sp³-hybridized carbons (Fsp3) is 0.533. The van der Waals surface area contributed by atoms with E-state index in [2.05, 4.69) is 4.72 Å². The molecule has 1 aliphatic rings. The maximum Gasteiger partial charge on any atom is 0.263 e. The van der Waals surface area contributed by atoms with Crippen LogP contribution in [0.3, 0.4) is 0 Å². The van der Waals surface area contributed by atoms with Crippen molar-refractivity contribution in [2.24, 2.45) is 0 Å². The predicted octanol–water partition coefficient (Wildman–Crippen LogP) is -0.417. The number of hydrogen-bond acceptors (Lipinski definition) is 6. The first-order valence-electron chi connectivity index (χ1n) is 7.68. The van der Waals surface area contributed by atoms with Gasteiger partial charge in [-0.1, -0.05) is 0 Å². The van der Waals surface area contributed by atoms with Gasteiger partial charge in [-0.25, -0.2) is 13.1 Å². The highest BCUT2D eigenvalue weighted by atomic mass is 32.2. The van der Waals surface area contributed by atoms with Crippen LogP contribution in [0.25, 0.3) is 0 Å². The largest absolute Gasteiger partial charge is 0.481 e. The fourth-order valence-corrected chi connectivity index (χ4v) is 3.28. The third-order valence-electron chi connectivity index (χ3n) is 3.52. The van der Waals surface area contributed by atoms with Gasteiger partial charge in [0, 0.05) is 19.6 Å². The lowest BCUT2D eigenvalue weighted by Crippen LogP contribution is -2.46. The summed E-state index contributed by atoms with van der Waals surface area (Å²) >= 11 is 0. The van der Waals surface area contributed by atoms with Crippen LogP contribution in [0.2, 0.25) is 0 Å². The first-order valence-corrected chi connectivity index (χ1v) is 9.16. The Hall–Kier alpha value is -1.68. The molecule has 0 saturated carbocycles. The van der Waals surface area contributed by atoms with Crippen LogP contribution in [0.4, 0.5) is 0 Å². The second kappa shape index (κ2) is 8.43. The Labute approximate surface area is 141 Å². The summed E-state index contributed by atoms with van der Waals surface area (Å²) < 4.78 is 36.9. The maximum atomic E-state index is 12.3. The molecule has 1 saturated heterocycles. The minimum atomic E-state index is -3.66. The summed E-state index contributed by atoms with van der Waals surface area (Å²) in [6.07, 6.45) is -0.668. The quantitative estimate of drug-likeness (QED) is 0.686. The Morgan fingerprint density at radius 2 is 1.96 bits per heavy atom. The molecule has 2 N–H and O–H groups in total. The first-order chi connectivity index (χ1) is 11.4. The van der Waals surface area contributed by atoms with Crippen LogP contribution in [-0.2, 0) is 19.6 Å². The van der Waals surface area contributed by atoms with E-state index in [4.69, 9.17) is 14.6 Å². The normalized spacial score (nSPS) is 16.7. The van der Waals surface area contributed by atoms with Gasteiger partial charge in [0.1, 0.15) is 5.75 Å². The molecule has 9 heteroatoms. The molecule has 1 amide bonds. The molecule has 0 aliphatic carbocycles. The van der Waals surface area contributed by atoms with Gasteiger partial charge in [-0.15, -0.1) is 0 Å². The molecule has 1 aromatic carbocycles. The van der Waals surface area contributed by atoms with Crippen LogP contribution in [0, 0.1) is 0 Å². The number of morpholine rings is 1. The standard InChI is InChI=1S/C15H22N2O6S/c1-12(15(19)17-7-10-22-11-8-17)23-13-2-4-14(5-3-13)24(20,21)16-6-9-18/h2-5,12,16,18H,6-11H2,1H3/t12-/m0/s1. The number of rotatable bonds is 7. The summed E-state index contributed by atoms with van der Waals surface area (Å²) in [7, 11) is -3.66. The van der Waals surface area contributed by atoms with E-state index in [0.29, 0.717) is 32.1 Å². The van der Waals surface area contributed by atoms with Crippen molar-refractivity contribution in [2.75, 3.05) is 39.5 Å². The summed E-state index contributed by atoms with van der Waals surface area (Å²) in [6.45, 7) is 3.46. The molecule has 1 aliphatic heterocycles. The van der Waals surface area contributed by atoms with Crippen molar-refractivity contribution in [1.82, 2.24) is 9.62 Å². The second-order valence-electron chi connectivity index (χ2n) is 5.29. The van der Waals surface area contributed by atoms with E-state index in [1.54, 1.807) is 11.8 Å². The Kier molecular flexibility index (Phi) is 6.55. The zero-order valence-electron chi connectivity index (χ0n) is 13.5. The van der Waals surface area contributed by atoms with Gasteiger partial charge < -0.3 is 19.5 Å². The third-order valence-corrected chi connectivity index (χ3v) is 5.00. The van der Waals surface area contributed by atoms with Crippen molar-refractivity contribution in [1.29, 1.82) is 0 Å². The molecular formula is C15H22N2O6S. The molecule has 1 heterocycles. The summed E-state index contributed by atoms with van der Waals surface area (Å²) in [6, 6.07) is 5.77. The lowest BCUT2D eigenvalue weighted by Gasteiger charge is -2.29. The first kappa shape index (κ1) is 18.7. The van der Waals surface area contributed by atoms with Crippen molar-refractivity contribution < 1.29 is 27.8 Å². The van der Waals surface area contributed by atoms with E-state index in [9.17, 15) is 13.2 Å². The van der Waals surface area contributed by atoms with E-state index in [-0.39, 0.29) is 24.0 Å². The van der Waals surface area contributed by atoms with Crippen molar-refractivity contribution in [3.05, 3.63) is 24.3 Å². The molecule has 2 rings (SSSR count). The number of amides is 1. The van der Waals surface area contributed by atoms with Crippen molar-refractivity contribution in [3.63, 3.8) is 0 Å². The van der Waals surface area contributed by atoms with Gasteiger partial charge in [-0.3, -0.25) is 4.79 Å². The molecule has 0 radical (unpaired) electrons. The van der Waals surface area contributed by atoms with Crippen molar-refractivity contribution in [2.45, 2.75) is 17.9 Å². The van der Waals surface area contributed by atoms with E-state index in [1.165, 1.54) is 24.3 Å². The number of aliphatic hydroxyl groups excluding tert-OH is 1. The number of sulfonamides is 1. The van der Waals surface area contributed by atoms with Gasteiger partial charge >= 0.3 is 0 Å². The molecule has 8 nitrogen and oxygen atoms in total. The van der Waals surface area contributed by atoms with Crippen LogP contribution >= 0.6 is 0 Å². The maximum absolute atomic E-state index is 12.3. The molecule has 0 spiro atoms. The number of nitrogens with one attached hydrogen (secondary N) is 1. The lowest BCUT2D eigenvalue weighted by molar-refractivity contribution is -0.142. The Morgan fingerprint density at radius 3 is 2.54 bits per heavy atom. The lowest BCUT2D eigenvalue weighted by atomic mass is 10.3. The average molecular weight is 358 g/mol. The van der Waals surface area contributed by atoms with Gasteiger partial charge in [-0.2, -0.15) is 0 Å². The van der Waals surface area contributed by atoms with Gasteiger partial charge in [0.2, 0.25) is 10.0 Å². The fourth-order valence-electron chi connectivity index (χ4n) is 2.26. The number of nitrogens with zero attached hydrogens (tertiary/aromatic N) is 1. The van der Waals surface area contributed by atoms with E-state index >= 15 is 0 Å². The number of hydrogen-bond donors (Lipinski definition) is 2. The monoisotopic (exact) mass is 358 g/mol. The number of carbonyl (C=O) groups is 1. The summed E-state index contributed by atoms with van der Waals surface area (Å²) in [5.74, 6) is 0.282. The summed E-state index contributed by atoms with van der Waals surface area (Å²) in [5, 5.41) is 8.69. The van der Waals surface area contributed by atoms with Crippen LogP contribution in [0.5, 0.6) is 5.75 Å². The Morgan fingerprint density at radius 1 is 1.33 bits per heavy atom. The molecular weight excluding hydrogens is 336 g/mol. The summed E-state index contributed by atoms with van der Waals surface area (Å²) in [4.78, 5) is 14.0. The topological polar surface area (TPSA) is 105 Å². The van der Waals surface area contributed by atoms with Crippen molar-refractivity contribution in [3.8, 4) is 5.75 Å². The van der Waals surface area contributed by atoms with Gasteiger partial charge in [0.05, 0.1) is 24.7 Å². The molecule has 1 aromatic rings. The number of carbonyl (C=O) groups excluding carboxylic acids is 1. The van der Waals surface area contributed by atoms with Crippen LogP contribution < -0.4 is 9.46 Å². The smallest absolute Gasteiger partial charge is 0.263 e. The van der Waals surface area contributed by atoms with Gasteiger partial charge in [0.25, 0.3) is 5.91 Å². The predicted molar refractivity (Wildman–Crippen MR) is 86.2 cm³/mol. The molecule has 1 fully saturated rings. The minimum Gasteiger partial charge on any atom is -0.481 e. The number of benzene rings is 1. The van der Waals surface area contributed by atoms with E-state index in [1.807, 2.05) is 0 Å². The summed E-state index contributed by atoms with van der Waals surface area (Å²) in [5.41, 5.74) is 0. The average Bonchev–Trinajstić information content (AvgIpc) is 2.60. The highest BCUT2D eigenvalue weighted by Crippen LogP contribution is 2.17. The zero-order valence-corrected chi connectivity index (χ0v) is 14.3. The second-order valence-corrected chi connectivity index (χ2v) is 7.06. The van der Waals surface area contributed by atoms with Gasteiger partial charge in [0.15, 0.2) is 6.10 Å². The molecule has 24 heavy (non-hydrogen) atoms. The SMILES string of the molecule is C[C@H](Oc1ccc(S(=O)(=O)NCCO)cc1)C(=O)N1CCOCC1. The molecule has 134 valence electrons. The van der Waals surface area contributed by atoms with Crippen molar-refractivity contribution >= 4 is 15.9 Å². The molecule has 0 unspecified atom stereocenters. The van der Waals surface area contributed by atoms with Crippen LogP contribution in [0.15, 0.2) is 29.2 Å². The third kappa shape index (κ3) is 4.91. The minimum absolute atomic E-state index is 0.0499. The Bertz CT molecular complexity index is 640. The number of aliphatic hydroxyl groups is 1. The zero-order chi connectivity index (χ0) is 17.6. The molecule has 0 bridgehead atoms. The van der Waals surface area contributed by atoms with Gasteiger partial charge in [-0.05, 0) is 31.2 Å². The van der Waals surface area contributed by atoms with Crippen LogP contribution in [-0.4, -0.2) is 69.9 Å².